The van der Waals surface area contributed by atoms with Crippen LogP contribution in [-0.4, -0.2) is 34.3 Å². The van der Waals surface area contributed by atoms with Crippen molar-refractivity contribution in [2.45, 2.75) is 38.3 Å². The molecule has 2 aliphatic rings. The molecular formula is C12H18N4O. The maximum Gasteiger partial charge on any atom is 0.244 e. The second-order valence-corrected chi connectivity index (χ2v) is 5.05. The van der Waals surface area contributed by atoms with Crippen molar-refractivity contribution >= 4 is 11.6 Å². The van der Waals surface area contributed by atoms with Gasteiger partial charge in [0.15, 0.2) is 0 Å². The zero-order valence-electron chi connectivity index (χ0n) is 10.3. The van der Waals surface area contributed by atoms with Crippen LogP contribution in [0.25, 0.3) is 0 Å². The van der Waals surface area contributed by atoms with Crippen LogP contribution in [0.3, 0.4) is 0 Å². The Kier molecular flexibility index (Phi) is 2.43. The van der Waals surface area contributed by atoms with Gasteiger partial charge in [-0.05, 0) is 26.2 Å². The van der Waals surface area contributed by atoms with Crippen molar-refractivity contribution in [1.29, 1.82) is 0 Å². The molecule has 0 spiro atoms. The zero-order chi connectivity index (χ0) is 12.0. The molecule has 1 amide bonds. The summed E-state index contributed by atoms with van der Waals surface area (Å²) in [5, 5.41) is 7.70. The van der Waals surface area contributed by atoms with Crippen LogP contribution in [0.5, 0.6) is 0 Å². The third kappa shape index (κ3) is 1.95. The molecule has 1 saturated carbocycles. The monoisotopic (exact) mass is 234 g/mol. The molecule has 1 unspecified atom stereocenters. The van der Waals surface area contributed by atoms with Crippen LogP contribution in [0.1, 0.15) is 25.0 Å². The Morgan fingerprint density at radius 3 is 2.76 bits per heavy atom. The Morgan fingerprint density at radius 2 is 2.18 bits per heavy atom. The number of hydrogen-bond donors (Lipinski definition) is 1. The van der Waals surface area contributed by atoms with E-state index in [1.807, 2.05) is 25.1 Å². The van der Waals surface area contributed by atoms with Gasteiger partial charge >= 0.3 is 0 Å². The molecule has 92 valence electrons. The van der Waals surface area contributed by atoms with E-state index in [0.717, 1.165) is 24.3 Å². The van der Waals surface area contributed by atoms with Crippen molar-refractivity contribution in [3.8, 4) is 0 Å². The highest BCUT2D eigenvalue weighted by Crippen LogP contribution is 2.27. The first-order valence-electron chi connectivity index (χ1n) is 6.23. The fraction of sp³-hybridized carbons (Fsp3) is 0.667. The first-order chi connectivity index (χ1) is 8.15. The molecule has 17 heavy (non-hydrogen) atoms. The highest BCUT2D eigenvalue weighted by atomic mass is 16.2. The fourth-order valence-electron chi connectivity index (χ4n) is 2.46. The molecule has 1 aliphatic carbocycles. The van der Waals surface area contributed by atoms with Crippen molar-refractivity contribution in [3.05, 3.63) is 11.9 Å². The second kappa shape index (κ2) is 3.84. The summed E-state index contributed by atoms with van der Waals surface area (Å²) < 4.78 is 1.76. The second-order valence-electron chi connectivity index (χ2n) is 5.05. The molecule has 5 nitrogen and oxygen atoms in total. The van der Waals surface area contributed by atoms with E-state index < -0.39 is 0 Å². The summed E-state index contributed by atoms with van der Waals surface area (Å²) in [5.74, 6) is 0.202. The minimum atomic E-state index is 0.0158. The number of nitrogens with zero attached hydrogens (tertiary/aromatic N) is 3. The minimum absolute atomic E-state index is 0.0158. The molecule has 3 rings (SSSR count). The number of carbonyl (C=O) groups is 1. The van der Waals surface area contributed by atoms with Crippen LogP contribution in [-0.2, 0) is 11.8 Å². The van der Waals surface area contributed by atoms with Crippen molar-refractivity contribution in [3.63, 3.8) is 0 Å². The first kappa shape index (κ1) is 10.8. The Labute approximate surface area is 101 Å². The molecule has 2 heterocycles. The SMILES string of the molecule is Cc1nn(C)cc1N1CCC(NC2CC2)C1=O. The summed E-state index contributed by atoms with van der Waals surface area (Å²) in [7, 11) is 1.89. The van der Waals surface area contributed by atoms with Gasteiger partial charge in [-0.25, -0.2) is 0 Å². The van der Waals surface area contributed by atoms with Crippen LogP contribution < -0.4 is 10.2 Å². The Balaban J connectivity index is 1.76. The van der Waals surface area contributed by atoms with Crippen molar-refractivity contribution in [2.75, 3.05) is 11.4 Å². The molecule has 5 heteroatoms. The number of carbonyl (C=O) groups excluding carboxylic acids is 1. The smallest absolute Gasteiger partial charge is 0.244 e. The summed E-state index contributed by atoms with van der Waals surface area (Å²) in [5.41, 5.74) is 1.88. The number of aromatic nitrogens is 2. The van der Waals surface area contributed by atoms with E-state index >= 15 is 0 Å². The van der Waals surface area contributed by atoms with Gasteiger partial charge in [0, 0.05) is 25.8 Å². The lowest BCUT2D eigenvalue weighted by Crippen LogP contribution is -2.39. The summed E-state index contributed by atoms with van der Waals surface area (Å²) in [4.78, 5) is 14.1. The highest BCUT2D eigenvalue weighted by Gasteiger charge is 2.37. The van der Waals surface area contributed by atoms with E-state index in [-0.39, 0.29) is 11.9 Å². The lowest BCUT2D eigenvalue weighted by Gasteiger charge is -2.16. The van der Waals surface area contributed by atoms with E-state index in [2.05, 4.69) is 10.4 Å². The predicted octanol–water partition coefficient (Wildman–Crippen LogP) is 0.586. The van der Waals surface area contributed by atoms with Gasteiger partial charge in [0.25, 0.3) is 0 Å². The maximum atomic E-state index is 12.3. The molecule has 1 aliphatic heterocycles. The van der Waals surface area contributed by atoms with Crippen molar-refractivity contribution in [1.82, 2.24) is 15.1 Å². The molecule has 1 aromatic heterocycles. The Bertz CT molecular complexity index is 449. The molecule has 1 saturated heterocycles. The van der Waals surface area contributed by atoms with Gasteiger partial charge < -0.3 is 10.2 Å². The van der Waals surface area contributed by atoms with E-state index in [0.29, 0.717) is 6.04 Å². The first-order valence-corrected chi connectivity index (χ1v) is 6.23. The third-order valence-electron chi connectivity index (χ3n) is 3.50. The average Bonchev–Trinajstić information content (AvgIpc) is 2.94. The quantitative estimate of drug-likeness (QED) is 0.832. The third-order valence-corrected chi connectivity index (χ3v) is 3.50. The van der Waals surface area contributed by atoms with Crippen LogP contribution in [0.15, 0.2) is 6.20 Å². The Morgan fingerprint density at radius 1 is 1.41 bits per heavy atom. The largest absolute Gasteiger partial charge is 0.308 e. The number of amides is 1. The van der Waals surface area contributed by atoms with Crippen LogP contribution in [0.4, 0.5) is 5.69 Å². The number of nitrogens with one attached hydrogen (secondary N) is 1. The Hall–Kier alpha value is -1.36. The molecule has 1 atom stereocenters. The summed E-state index contributed by atoms with van der Waals surface area (Å²) in [6.07, 6.45) is 5.27. The van der Waals surface area contributed by atoms with Crippen molar-refractivity contribution in [2.24, 2.45) is 7.05 Å². The summed E-state index contributed by atoms with van der Waals surface area (Å²) in [6.45, 7) is 2.75. The average molecular weight is 234 g/mol. The van der Waals surface area contributed by atoms with Crippen LogP contribution >= 0.6 is 0 Å². The molecule has 0 radical (unpaired) electrons. The van der Waals surface area contributed by atoms with Gasteiger partial charge in [0.1, 0.15) is 0 Å². The standard InChI is InChI=1S/C12H18N4O/c1-8-11(7-15(2)14-8)16-6-5-10(12(16)17)13-9-3-4-9/h7,9-10,13H,3-6H2,1-2H3. The topological polar surface area (TPSA) is 50.2 Å². The van der Waals surface area contributed by atoms with E-state index in [1.54, 1.807) is 4.68 Å². The number of hydrogen-bond acceptors (Lipinski definition) is 3. The molecule has 1 N–H and O–H groups in total. The van der Waals surface area contributed by atoms with Gasteiger partial charge in [-0.2, -0.15) is 5.10 Å². The van der Waals surface area contributed by atoms with E-state index in [1.165, 1.54) is 12.8 Å². The van der Waals surface area contributed by atoms with Gasteiger partial charge in [0.05, 0.1) is 17.4 Å². The maximum absolute atomic E-state index is 12.3. The van der Waals surface area contributed by atoms with Gasteiger partial charge in [-0.3, -0.25) is 9.48 Å². The van der Waals surface area contributed by atoms with E-state index in [9.17, 15) is 4.79 Å². The number of rotatable bonds is 3. The lowest BCUT2D eigenvalue weighted by molar-refractivity contribution is -0.118. The van der Waals surface area contributed by atoms with E-state index in [4.69, 9.17) is 0 Å². The molecule has 2 fully saturated rings. The molecule has 1 aromatic rings. The zero-order valence-corrected chi connectivity index (χ0v) is 10.3. The highest BCUT2D eigenvalue weighted by molar-refractivity contribution is 5.99. The summed E-state index contributed by atoms with van der Waals surface area (Å²) >= 11 is 0. The summed E-state index contributed by atoms with van der Waals surface area (Å²) in [6, 6.07) is 0.598. The lowest BCUT2D eigenvalue weighted by atomic mass is 10.2. The predicted molar refractivity (Wildman–Crippen MR) is 64.9 cm³/mol. The fourth-order valence-corrected chi connectivity index (χ4v) is 2.46. The number of aryl methyl sites for hydroxylation is 2. The minimum Gasteiger partial charge on any atom is -0.308 e. The normalized spacial score (nSPS) is 24.7. The van der Waals surface area contributed by atoms with Crippen molar-refractivity contribution < 1.29 is 4.79 Å². The molecular weight excluding hydrogens is 216 g/mol. The van der Waals surface area contributed by atoms with Gasteiger partial charge in [-0.1, -0.05) is 0 Å². The van der Waals surface area contributed by atoms with Gasteiger partial charge in [-0.15, -0.1) is 0 Å². The molecule has 0 bridgehead atoms. The van der Waals surface area contributed by atoms with Crippen LogP contribution in [0, 0.1) is 6.92 Å². The van der Waals surface area contributed by atoms with Crippen LogP contribution in [0.2, 0.25) is 0 Å². The number of anilines is 1. The van der Waals surface area contributed by atoms with Gasteiger partial charge in [0.2, 0.25) is 5.91 Å². The molecule has 0 aromatic carbocycles.